The van der Waals surface area contributed by atoms with Gasteiger partial charge in [0.2, 0.25) is 5.95 Å². The number of anilines is 2. The number of aromatic nitrogens is 2. The van der Waals surface area contributed by atoms with Crippen molar-refractivity contribution in [3.63, 3.8) is 0 Å². The number of thiophene rings is 1. The van der Waals surface area contributed by atoms with E-state index in [0.29, 0.717) is 12.5 Å². The van der Waals surface area contributed by atoms with Gasteiger partial charge in [-0.15, -0.1) is 11.3 Å². The molecule has 3 heterocycles. The van der Waals surface area contributed by atoms with Crippen LogP contribution in [0.2, 0.25) is 0 Å². The summed E-state index contributed by atoms with van der Waals surface area (Å²) >= 11 is 1.62. The second-order valence-electron chi connectivity index (χ2n) is 4.83. The number of aryl methyl sites for hydroxylation is 1. The summed E-state index contributed by atoms with van der Waals surface area (Å²) in [5.41, 5.74) is 0. The normalized spacial score (nSPS) is 11.0. The molecule has 0 aliphatic carbocycles. The fourth-order valence-electron chi connectivity index (χ4n) is 2.06. The monoisotopic (exact) mass is 302 g/mol. The minimum atomic E-state index is 0.614. The Bertz CT molecular complexity index is 734. The standard InChI is InChI=1S/C15H18N4OS/c1-3-7-16-15-18-13(12-6-8-21-14(12)19-15)17-9-11-5-4-10(2)20-11/h4-6,8H,3,7,9H2,1-2H3,(H2,16,17,18,19). The molecule has 0 fully saturated rings. The van der Waals surface area contributed by atoms with Gasteiger partial charge in [0.1, 0.15) is 22.2 Å². The number of furan rings is 1. The Morgan fingerprint density at radius 2 is 2.10 bits per heavy atom. The summed E-state index contributed by atoms with van der Waals surface area (Å²) in [6, 6.07) is 5.98. The molecule has 6 heteroatoms. The largest absolute Gasteiger partial charge is 0.465 e. The van der Waals surface area contributed by atoms with Crippen molar-refractivity contribution in [3.8, 4) is 0 Å². The molecule has 3 rings (SSSR count). The van der Waals surface area contributed by atoms with Crippen molar-refractivity contribution in [1.82, 2.24) is 9.97 Å². The lowest BCUT2D eigenvalue weighted by Gasteiger charge is -2.08. The molecule has 0 radical (unpaired) electrons. The van der Waals surface area contributed by atoms with Crippen molar-refractivity contribution in [2.75, 3.05) is 17.2 Å². The molecule has 2 N–H and O–H groups in total. The molecule has 5 nitrogen and oxygen atoms in total. The molecular weight excluding hydrogens is 284 g/mol. The zero-order chi connectivity index (χ0) is 14.7. The topological polar surface area (TPSA) is 63.0 Å². The summed E-state index contributed by atoms with van der Waals surface area (Å²) in [6.07, 6.45) is 1.04. The summed E-state index contributed by atoms with van der Waals surface area (Å²) in [5, 5.41) is 9.66. The van der Waals surface area contributed by atoms with Gasteiger partial charge in [0.25, 0.3) is 0 Å². The fraction of sp³-hybridized carbons (Fsp3) is 0.333. The van der Waals surface area contributed by atoms with Crippen LogP contribution in [0.1, 0.15) is 24.9 Å². The molecule has 0 unspecified atom stereocenters. The van der Waals surface area contributed by atoms with Gasteiger partial charge in [-0.25, -0.2) is 4.98 Å². The third kappa shape index (κ3) is 3.16. The van der Waals surface area contributed by atoms with Gasteiger partial charge < -0.3 is 15.1 Å². The molecule has 0 spiro atoms. The van der Waals surface area contributed by atoms with E-state index in [-0.39, 0.29) is 0 Å². The highest BCUT2D eigenvalue weighted by atomic mass is 32.1. The second kappa shape index (κ2) is 6.13. The van der Waals surface area contributed by atoms with Crippen LogP contribution >= 0.6 is 11.3 Å². The van der Waals surface area contributed by atoms with Gasteiger partial charge in [-0.1, -0.05) is 6.92 Å². The van der Waals surface area contributed by atoms with Crippen LogP contribution in [0.3, 0.4) is 0 Å². The molecule has 0 aliphatic heterocycles. The first kappa shape index (κ1) is 13.9. The number of nitrogens with zero attached hydrogens (tertiary/aromatic N) is 2. The van der Waals surface area contributed by atoms with Gasteiger partial charge in [-0.2, -0.15) is 4.98 Å². The molecule has 0 aromatic carbocycles. The van der Waals surface area contributed by atoms with Crippen molar-refractivity contribution in [3.05, 3.63) is 35.1 Å². The smallest absolute Gasteiger partial charge is 0.226 e. The van der Waals surface area contributed by atoms with Gasteiger partial charge in [-0.3, -0.25) is 0 Å². The van der Waals surface area contributed by atoms with E-state index in [0.717, 1.165) is 40.5 Å². The van der Waals surface area contributed by atoms with Gasteiger partial charge in [0, 0.05) is 6.54 Å². The van der Waals surface area contributed by atoms with E-state index in [1.807, 2.05) is 30.5 Å². The fourth-order valence-corrected chi connectivity index (χ4v) is 2.82. The average molecular weight is 302 g/mol. The third-order valence-electron chi connectivity index (χ3n) is 3.08. The SMILES string of the molecule is CCCNc1nc(NCc2ccc(C)o2)c2ccsc2n1. The summed E-state index contributed by atoms with van der Waals surface area (Å²) in [5.74, 6) is 3.33. The van der Waals surface area contributed by atoms with E-state index < -0.39 is 0 Å². The van der Waals surface area contributed by atoms with Gasteiger partial charge in [-0.05, 0) is 36.9 Å². The molecule has 0 saturated heterocycles. The summed E-state index contributed by atoms with van der Waals surface area (Å²) in [4.78, 5) is 10.1. The maximum atomic E-state index is 5.57. The number of rotatable bonds is 6. The Kier molecular flexibility index (Phi) is 4.06. The Hall–Kier alpha value is -2.08. The molecular formula is C15H18N4OS. The van der Waals surface area contributed by atoms with Crippen LogP contribution in [0.25, 0.3) is 10.2 Å². The zero-order valence-corrected chi connectivity index (χ0v) is 13.0. The minimum Gasteiger partial charge on any atom is -0.465 e. The first-order valence-electron chi connectivity index (χ1n) is 7.04. The lowest BCUT2D eigenvalue weighted by Crippen LogP contribution is -2.07. The van der Waals surface area contributed by atoms with E-state index in [4.69, 9.17) is 4.42 Å². The van der Waals surface area contributed by atoms with E-state index in [9.17, 15) is 0 Å². The molecule has 0 saturated carbocycles. The molecule has 21 heavy (non-hydrogen) atoms. The van der Waals surface area contributed by atoms with E-state index in [1.54, 1.807) is 11.3 Å². The van der Waals surface area contributed by atoms with Crippen LogP contribution in [0, 0.1) is 6.92 Å². The highest BCUT2D eigenvalue weighted by Crippen LogP contribution is 2.26. The zero-order valence-electron chi connectivity index (χ0n) is 12.1. The highest BCUT2D eigenvalue weighted by Gasteiger charge is 2.09. The molecule has 0 atom stereocenters. The van der Waals surface area contributed by atoms with E-state index in [1.165, 1.54) is 0 Å². The van der Waals surface area contributed by atoms with Gasteiger partial charge in [0.15, 0.2) is 0 Å². The maximum Gasteiger partial charge on any atom is 0.226 e. The number of nitrogens with one attached hydrogen (secondary N) is 2. The van der Waals surface area contributed by atoms with Gasteiger partial charge >= 0.3 is 0 Å². The lowest BCUT2D eigenvalue weighted by molar-refractivity contribution is 0.490. The lowest BCUT2D eigenvalue weighted by atomic mass is 10.3. The van der Waals surface area contributed by atoms with Crippen molar-refractivity contribution in [1.29, 1.82) is 0 Å². The molecule has 3 aromatic rings. The van der Waals surface area contributed by atoms with Crippen LogP contribution in [-0.2, 0) is 6.54 Å². The summed E-state index contributed by atoms with van der Waals surface area (Å²) in [6.45, 7) is 5.55. The second-order valence-corrected chi connectivity index (χ2v) is 5.72. The quantitative estimate of drug-likeness (QED) is 0.720. The van der Waals surface area contributed by atoms with Crippen molar-refractivity contribution < 1.29 is 4.42 Å². The first-order chi connectivity index (χ1) is 10.3. The predicted molar refractivity (Wildman–Crippen MR) is 87.0 cm³/mol. The Labute approximate surface area is 127 Å². The molecule has 3 aromatic heterocycles. The summed E-state index contributed by atoms with van der Waals surface area (Å²) < 4.78 is 5.57. The predicted octanol–water partition coefficient (Wildman–Crippen LogP) is 4.03. The maximum absolute atomic E-state index is 5.57. The number of hydrogen-bond acceptors (Lipinski definition) is 6. The van der Waals surface area contributed by atoms with Crippen LogP contribution in [0.4, 0.5) is 11.8 Å². The van der Waals surface area contributed by atoms with Crippen molar-refractivity contribution in [2.45, 2.75) is 26.8 Å². The van der Waals surface area contributed by atoms with Crippen LogP contribution in [-0.4, -0.2) is 16.5 Å². The third-order valence-corrected chi connectivity index (χ3v) is 3.89. The van der Waals surface area contributed by atoms with E-state index in [2.05, 4.69) is 27.5 Å². The van der Waals surface area contributed by atoms with Crippen molar-refractivity contribution in [2.24, 2.45) is 0 Å². The average Bonchev–Trinajstić information content (AvgIpc) is 3.11. The van der Waals surface area contributed by atoms with Crippen LogP contribution in [0.5, 0.6) is 0 Å². The molecule has 0 bridgehead atoms. The summed E-state index contributed by atoms with van der Waals surface area (Å²) in [7, 11) is 0. The Morgan fingerprint density at radius 3 is 2.86 bits per heavy atom. The van der Waals surface area contributed by atoms with Crippen LogP contribution < -0.4 is 10.6 Å². The van der Waals surface area contributed by atoms with Crippen molar-refractivity contribution >= 4 is 33.3 Å². The number of fused-ring (bicyclic) bond motifs is 1. The van der Waals surface area contributed by atoms with E-state index >= 15 is 0 Å². The molecule has 0 aliphatic rings. The Morgan fingerprint density at radius 1 is 1.19 bits per heavy atom. The Balaban J connectivity index is 1.83. The van der Waals surface area contributed by atoms with Crippen LogP contribution in [0.15, 0.2) is 28.0 Å². The minimum absolute atomic E-state index is 0.614. The van der Waals surface area contributed by atoms with Gasteiger partial charge in [0.05, 0.1) is 11.9 Å². The number of hydrogen-bond donors (Lipinski definition) is 2. The highest BCUT2D eigenvalue weighted by molar-refractivity contribution is 7.16. The first-order valence-corrected chi connectivity index (χ1v) is 7.92. The molecule has 110 valence electrons. The molecule has 0 amide bonds.